The molecule has 0 aromatic carbocycles. The summed E-state index contributed by atoms with van der Waals surface area (Å²) in [5.41, 5.74) is 7.51. The van der Waals surface area contributed by atoms with Gasteiger partial charge in [0.15, 0.2) is 0 Å². The van der Waals surface area contributed by atoms with Crippen LogP contribution in [0.25, 0.3) is 0 Å². The number of nitrogens with two attached hydrogens (primary N) is 1. The average Bonchev–Trinajstić information content (AvgIpc) is 2.32. The second kappa shape index (κ2) is 6.53. The zero-order chi connectivity index (χ0) is 12.1. The molecule has 1 saturated carbocycles. The first-order valence-electron chi connectivity index (χ1n) is 6.92. The second-order valence-electron chi connectivity index (χ2n) is 5.60. The fourth-order valence-electron chi connectivity index (χ4n) is 3.10. The SMILES string of the molecule is COCC1=CCN(CC2CCCC(N)C2)CC1. The van der Waals surface area contributed by atoms with E-state index >= 15 is 0 Å². The molecule has 1 heterocycles. The summed E-state index contributed by atoms with van der Waals surface area (Å²) < 4.78 is 5.18. The van der Waals surface area contributed by atoms with Crippen molar-refractivity contribution in [2.75, 3.05) is 33.4 Å². The first-order chi connectivity index (χ1) is 8.28. The number of hydrogen-bond donors (Lipinski definition) is 1. The van der Waals surface area contributed by atoms with Gasteiger partial charge in [-0.1, -0.05) is 12.5 Å². The Morgan fingerprint density at radius 2 is 2.35 bits per heavy atom. The van der Waals surface area contributed by atoms with Gasteiger partial charge < -0.3 is 10.5 Å². The minimum Gasteiger partial charge on any atom is -0.380 e. The molecule has 0 amide bonds. The van der Waals surface area contributed by atoms with Crippen LogP contribution in [-0.2, 0) is 4.74 Å². The predicted octanol–water partition coefficient (Wildman–Crippen LogP) is 1.78. The van der Waals surface area contributed by atoms with Crippen molar-refractivity contribution in [1.29, 1.82) is 0 Å². The summed E-state index contributed by atoms with van der Waals surface area (Å²) >= 11 is 0. The van der Waals surface area contributed by atoms with Gasteiger partial charge in [0.25, 0.3) is 0 Å². The van der Waals surface area contributed by atoms with E-state index < -0.39 is 0 Å². The Bertz CT molecular complexity index is 265. The Balaban J connectivity index is 1.74. The summed E-state index contributed by atoms with van der Waals surface area (Å²) in [6, 6.07) is 0.457. The van der Waals surface area contributed by atoms with E-state index in [9.17, 15) is 0 Å². The van der Waals surface area contributed by atoms with Gasteiger partial charge in [-0.3, -0.25) is 4.90 Å². The zero-order valence-electron chi connectivity index (χ0n) is 11.0. The third kappa shape index (κ3) is 4.09. The molecule has 0 spiro atoms. The Labute approximate surface area is 105 Å². The van der Waals surface area contributed by atoms with Crippen LogP contribution >= 0.6 is 0 Å². The van der Waals surface area contributed by atoms with Crippen molar-refractivity contribution in [2.24, 2.45) is 11.7 Å². The molecule has 2 N–H and O–H groups in total. The summed E-state index contributed by atoms with van der Waals surface area (Å²) in [7, 11) is 1.77. The van der Waals surface area contributed by atoms with Crippen molar-refractivity contribution in [3.8, 4) is 0 Å². The maximum atomic E-state index is 6.04. The molecule has 3 nitrogen and oxygen atoms in total. The summed E-state index contributed by atoms with van der Waals surface area (Å²) in [5.74, 6) is 0.830. The van der Waals surface area contributed by atoms with Crippen LogP contribution in [0.3, 0.4) is 0 Å². The molecule has 2 rings (SSSR count). The van der Waals surface area contributed by atoms with Gasteiger partial charge in [0.05, 0.1) is 6.61 Å². The van der Waals surface area contributed by atoms with Crippen LogP contribution in [0.4, 0.5) is 0 Å². The van der Waals surface area contributed by atoms with Gasteiger partial charge in [-0.2, -0.15) is 0 Å². The molecule has 0 radical (unpaired) electrons. The minimum atomic E-state index is 0.457. The van der Waals surface area contributed by atoms with E-state index in [1.807, 2.05) is 0 Å². The third-order valence-electron chi connectivity index (χ3n) is 4.06. The Morgan fingerprint density at radius 3 is 3.00 bits per heavy atom. The maximum absolute atomic E-state index is 6.04. The van der Waals surface area contributed by atoms with Crippen molar-refractivity contribution >= 4 is 0 Å². The summed E-state index contributed by atoms with van der Waals surface area (Å²) in [6.45, 7) is 4.35. The smallest absolute Gasteiger partial charge is 0.0673 e. The van der Waals surface area contributed by atoms with E-state index in [0.29, 0.717) is 6.04 Å². The van der Waals surface area contributed by atoms with Gasteiger partial charge in [0.1, 0.15) is 0 Å². The molecular formula is C14H26N2O. The van der Waals surface area contributed by atoms with Crippen molar-refractivity contribution in [1.82, 2.24) is 4.90 Å². The number of methoxy groups -OCH3 is 1. The lowest BCUT2D eigenvalue weighted by molar-refractivity contribution is 0.187. The quantitative estimate of drug-likeness (QED) is 0.759. The van der Waals surface area contributed by atoms with Crippen LogP contribution in [-0.4, -0.2) is 44.3 Å². The van der Waals surface area contributed by atoms with Crippen molar-refractivity contribution in [3.63, 3.8) is 0 Å². The van der Waals surface area contributed by atoms with Gasteiger partial charge >= 0.3 is 0 Å². The molecule has 0 aromatic heterocycles. The Morgan fingerprint density at radius 1 is 1.47 bits per heavy atom. The molecular weight excluding hydrogens is 212 g/mol. The van der Waals surface area contributed by atoms with E-state index in [2.05, 4.69) is 11.0 Å². The number of ether oxygens (including phenoxy) is 1. The lowest BCUT2D eigenvalue weighted by Gasteiger charge is -2.33. The van der Waals surface area contributed by atoms with Crippen molar-refractivity contribution in [2.45, 2.75) is 38.1 Å². The lowest BCUT2D eigenvalue weighted by Crippen LogP contribution is -2.38. The molecule has 3 heteroatoms. The lowest BCUT2D eigenvalue weighted by atomic mass is 9.85. The Kier molecular flexibility index (Phi) is 5.01. The van der Waals surface area contributed by atoms with Crippen LogP contribution in [0.1, 0.15) is 32.1 Å². The Hall–Kier alpha value is -0.380. The second-order valence-corrected chi connectivity index (χ2v) is 5.60. The highest BCUT2D eigenvalue weighted by Gasteiger charge is 2.22. The standard InChI is InChI=1S/C14H26N2O/c1-17-11-12-5-7-16(8-6-12)10-13-3-2-4-14(15)9-13/h5,13-14H,2-4,6-11,15H2,1H3. The number of nitrogens with zero attached hydrogens (tertiary/aromatic N) is 1. The van der Waals surface area contributed by atoms with E-state index in [1.165, 1.54) is 50.8 Å². The molecule has 0 saturated heterocycles. The molecule has 1 fully saturated rings. The van der Waals surface area contributed by atoms with Crippen molar-refractivity contribution < 1.29 is 4.74 Å². The molecule has 0 bridgehead atoms. The number of rotatable bonds is 4. The van der Waals surface area contributed by atoms with Gasteiger partial charge in [0, 0.05) is 32.8 Å². The van der Waals surface area contributed by atoms with Crippen LogP contribution in [0.5, 0.6) is 0 Å². The highest BCUT2D eigenvalue weighted by molar-refractivity contribution is 5.07. The van der Waals surface area contributed by atoms with Crippen molar-refractivity contribution in [3.05, 3.63) is 11.6 Å². The predicted molar refractivity (Wildman–Crippen MR) is 70.9 cm³/mol. The molecule has 1 aliphatic carbocycles. The average molecular weight is 238 g/mol. The molecule has 2 unspecified atom stereocenters. The molecule has 0 aromatic rings. The first-order valence-corrected chi connectivity index (χ1v) is 6.92. The largest absolute Gasteiger partial charge is 0.380 e. The third-order valence-corrected chi connectivity index (χ3v) is 4.06. The van der Waals surface area contributed by atoms with E-state index in [0.717, 1.165) is 19.1 Å². The molecule has 2 aliphatic rings. The molecule has 1 aliphatic heterocycles. The van der Waals surface area contributed by atoms with Gasteiger partial charge in [0.2, 0.25) is 0 Å². The summed E-state index contributed by atoms with van der Waals surface area (Å²) in [5, 5.41) is 0. The van der Waals surface area contributed by atoms with Gasteiger partial charge in [-0.15, -0.1) is 0 Å². The highest BCUT2D eigenvalue weighted by Crippen LogP contribution is 2.24. The monoisotopic (exact) mass is 238 g/mol. The number of hydrogen-bond acceptors (Lipinski definition) is 3. The topological polar surface area (TPSA) is 38.5 Å². The van der Waals surface area contributed by atoms with Crippen LogP contribution in [0, 0.1) is 5.92 Å². The van der Waals surface area contributed by atoms with E-state index in [4.69, 9.17) is 10.5 Å². The maximum Gasteiger partial charge on any atom is 0.0673 e. The zero-order valence-corrected chi connectivity index (χ0v) is 11.0. The summed E-state index contributed by atoms with van der Waals surface area (Å²) in [4.78, 5) is 2.57. The van der Waals surface area contributed by atoms with Crippen LogP contribution < -0.4 is 5.73 Å². The van der Waals surface area contributed by atoms with Gasteiger partial charge in [-0.25, -0.2) is 0 Å². The first kappa shape index (κ1) is 13.1. The normalized spacial score (nSPS) is 31.3. The fourth-order valence-corrected chi connectivity index (χ4v) is 3.10. The van der Waals surface area contributed by atoms with E-state index in [1.54, 1.807) is 7.11 Å². The van der Waals surface area contributed by atoms with E-state index in [-0.39, 0.29) is 0 Å². The molecule has 98 valence electrons. The van der Waals surface area contributed by atoms with Gasteiger partial charge in [-0.05, 0) is 37.2 Å². The highest BCUT2D eigenvalue weighted by atomic mass is 16.5. The molecule has 2 atom stereocenters. The molecule has 17 heavy (non-hydrogen) atoms. The summed E-state index contributed by atoms with van der Waals surface area (Å²) in [6.07, 6.45) is 8.67. The van der Waals surface area contributed by atoms with Crippen LogP contribution in [0.2, 0.25) is 0 Å². The van der Waals surface area contributed by atoms with Crippen LogP contribution in [0.15, 0.2) is 11.6 Å². The minimum absolute atomic E-state index is 0.457. The fraction of sp³-hybridized carbons (Fsp3) is 0.857.